The molecule has 92 valence electrons. The van der Waals surface area contributed by atoms with Crippen molar-refractivity contribution in [2.24, 2.45) is 0 Å². The van der Waals surface area contributed by atoms with Gasteiger partial charge >= 0.3 is 5.97 Å². The Balaban J connectivity index is 1.85. The van der Waals surface area contributed by atoms with E-state index in [1.54, 1.807) is 4.90 Å². The van der Waals surface area contributed by atoms with E-state index < -0.39 is 11.5 Å². The van der Waals surface area contributed by atoms with Crippen molar-refractivity contribution in [3.05, 3.63) is 23.8 Å². The fourth-order valence-electron chi connectivity index (χ4n) is 3.69. The molecular formula is C13H11NO4. The summed E-state index contributed by atoms with van der Waals surface area (Å²) in [5.41, 5.74) is 0.158. The standard InChI is InChI=1S/C13H11NO4/c15-9-3-4-10-13-6-8(14(10)12(9)17)2-1-7(13)5-11(16)18-13/h1-2,5,8,10H,3-4,6H2/t8-,10+,13+/m1/s1. The molecule has 0 aromatic heterocycles. The molecule has 0 radical (unpaired) electrons. The number of piperidine rings is 1. The topological polar surface area (TPSA) is 63.7 Å². The van der Waals surface area contributed by atoms with E-state index in [0.717, 1.165) is 5.57 Å². The number of carbonyl (C=O) groups is 3. The summed E-state index contributed by atoms with van der Waals surface area (Å²) in [6.45, 7) is 0. The molecule has 5 nitrogen and oxygen atoms in total. The summed E-state index contributed by atoms with van der Waals surface area (Å²) in [5, 5.41) is 0. The highest BCUT2D eigenvalue weighted by Gasteiger charge is 2.62. The molecule has 0 unspecified atom stereocenters. The predicted molar refractivity (Wildman–Crippen MR) is 59.3 cm³/mol. The Morgan fingerprint density at radius 3 is 3.00 bits per heavy atom. The van der Waals surface area contributed by atoms with Crippen LogP contribution in [0.5, 0.6) is 0 Å². The van der Waals surface area contributed by atoms with Crippen LogP contribution in [0.4, 0.5) is 0 Å². The van der Waals surface area contributed by atoms with Crippen LogP contribution >= 0.6 is 0 Å². The number of ether oxygens (including phenoxy) is 1. The highest BCUT2D eigenvalue weighted by molar-refractivity contribution is 6.37. The average molecular weight is 245 g/mol. The third kappa shape index (κ3) is 0.962. The third-order valence-electron chi connectivity index (χ3n) is 4.40. The lowest BCUT2D eigenvalue weighted by atomic mass is 9.80. The molecule has 0 aromatic carbocycles. The van der Waals surface area contributed by atoms with Gasteiger partial charge in [0.05, 0.1) is 12.1 Å². The summed E-state index contributed by atoms with van der Waals surface area (Å²) in [5.74, 6) is -1.11. The summed E-state index contributed by atoms with van der Waals surface area (Å²) in [7, 11) is 0. The molecule has 4 rings (SSSR count). The van der Waals surface area contributed by atoms with Crippen molar-refractivity contribution in [3.8, 4) is 0 Å². The molecule has 3 atom stereocenters. The second-order valence-electron chi connectivity index (χ2n) is 5.23. The van der Waals surface area contributed by atoms with E-state index >= 15 is 0 Å². The van der Waals surface area contributed by atoms with Gasteiger partial charge in [-0.25, -0.2) is 4.79 Å². The Bertz CT molecular complexity index is 561. The zero-order chi connectivity index (χ0) is 12.5. The van der Waals surface area contributed by atoms with Crippen LogP contribution in [0.2, 0.25) is 0 Å². The third-order valence-corrected chi connectivity index (χ3v) is 4.40. The fourth-order valence-corrected chi connectivity index (χ4v) is 3.69. The Labute approximate surface area is 103 Å². The quantitative estimate of drug-likeness (QED) is 0.449. The zero-order valence-corrected chi connectivity index (χ0v) is 9.59. The van der Waals surface area contributed by atoms with Gasteiger partial charge in [-0.3, -0.25) is 9.59 Å². The zero-order valence-electron chi connectivity index (χ0n) is 9.59. The number of carbonyl (C=O) groups excluding carboxylic acids is 3. The molecule has 0 N–H and O–H groups in total. The summed E-state index contributed by atoms with van der Waals surface area (Å²) in [6.07, 6.45) is 6.66. The van der Waals surface area contributed by atoms with Crippen LogP contribution in [0.25, 0.3) is 0 Å². The number of hydrogen-bond donors (Lipinski definition) is 0. The van der Waals surface area contributed by atoms with E-state index in [1.165, 1.54) is 6.08 Å². The maximum atomic E-state index is 12.0. The monoisotopic (exact) mass is 245 g/mol. The van der Waals surface area contributed by atoms with Gasteiger partial charge in [0.25, 0.3) is 5.91 Å². The molecule has 1 spiro atoms. The summed E-state index contributed by atoms with van der Waals surface area (Å²) >= 11 is 0. The van der Waals surface area contributed by atoms with Crippen LogP contribution in [0.1, 0.15) is 19.3 Å². The minimum Gasteiger partial charge on any atom is -0.449 e. The molecule has 0 aromatic rings. The molecule has 4 aliphatic rings. The number of fused-ring (bicyclic) bond motifs is 3. The second kappa shape index (κ2) is 2.91. The second-order valence-corrected chi connectivity index (χ2v) is 5.23. The lowest BCUT2D eigenvalue weighted by Crippen LogP contribution is -2.53. The summed E-state index contributed by atoms with van der Waals surface area (Å²) in [4.78, 5) is 36.7. The molecule has 1 amide bonds. The van der Waals surface area contributed by atoms with E-state index in [0.29, 0.717) is 12.8 Å². The average Bonchev–Trinajstić information content (AvgIpc) is 2.80. The smallest absolute Gasteiger partial charge is 0.332 e. The van der Waals surface area contributed by atoms with Crippen molar-refractivity contribution in [1.82, 2.24) is 4.90 Å². The summed E-state index contributed by atoms with van der Waals surface area (Å²) < 4.78 is 5.51. The molecule has 5 heteroatoms. The van der Waals surface area contributed by atoms with E-state index in [4.69, 9.17) is 4.74 Å². The van der Waals surface area contributed by atoms with Crippen molar-refractivity contribution in [2.75, 3.05) is 0 Å². The molecular weight excluding hydrogens is 234 g/mol. The van der Waals surface area contributed by atoms with Crippen molar-refractivity contribution >= 4 is 17.7 Å². The van der Waals surface area contributed by atoms with Gasteiger partial charge in [-0.15, -0.1) is 0 Å². The van der Waals surface area contributed by atoms with Gasteiger partial charge in [0.15, 0.2) is 5.60 Å². The van der Waals surface area contributed by atoms with Crippen LogP contribution in [0.15, 0.2) is 23.8 Å². The van der Waals surface area contributed by atoms with Crippen molar-refractivity contribution in [2.45, 2.75) is 36.9 Å². The number of Topliss-reactive ketones (excluding diaryl/α,β-unsaturated/α-hetero) is 1. The molecule has 3 heterocycles. The van der Waals surface area contributed by atoms with E-state index in [1.807, 2.05) is 12.2 Å². The number of ketones is 1. The first-order chi connectivity index (χ1) is 8.62. The maximum Gasteiger partial charge on any atom is 0.332 e. The van der Waals surface area contributed by atoms with Crippen LogP contribution in [-0.4, -0.2) is 40.2 Å². The lowest BCUT2D eigenvalue weighted by molar-refractivity contribution is -0.156. The SMILES string of the molecule is O=C1C=C2C=C[C@@H]3C[C@@]2(O1)[C@@H]1CCC(=O)C(=O)N31. The van der Waals surface area contributed by atoms with Gasteiger partial charge in [-0.1, -0.05) is 12.2 Å². The number of amides is 1. The number of esters is 1. The van der Waals surface area contributed by atoms with Gasteiger partial charge in [0, 0.05) is 24.5 Å². The molecule has 2 bridgehead atoms. The summed E-state index contributed by atoms with van der Waals surface area (Å²) in [6, 6.07) is -0.296. The minimum absolute atomic E-state index is 0.116. The number of nitrogens with zero attached hydrogens (tertiary/aromatic N) is 1. The Morgan fingerprint density at radius 1 is 1.33 bits per heavy atom. The highest BCUT2D eigenvalue weighted by atomic mass is 16.6. The van der Waals surface area contributed by atoms with Crippen LogP contribution in [0, 0.1) is 0 Å². The molecule has 2 saturated heterocycles. The van der Waals surface area contributed by atoms with Crippen LogP contribution in [-0.2, 0) is 19.1 Å². The molecule has 18 heavy (non-hydrogen) atoms. The van der Waals surface area contributed by atoms with Crippen LogP contribution in [0.3, 0.4) is 0 Å². The van der Waals surface area contributed by atoms with Gasteiger partial charge in [0.2, 0.25) is 5.78 Å². The normalized spacial score (nSPS) is 40.6. The van der Waals surface area contributed by atoms with Crippen molar-refractivity contribution < 1.29 is 19.1 Å². The molecule has 2 fully saturated rings. The van der Waals surface area contributed by atoms with Gasteiger partial charge < -0.3 is 9.64 Å². The van der Waals surface area contributed by atoms with Gasteiger partial charge in [-0.2, -0.15) is 0 Å². The number of hydrogen-bond acceptors (Lipinski definition) is 4. The Hall–Kier alpha value is -1.91. The Kier molecular flexibility index (Phi) is 1.62. The largest absolute Gasteiger partial charge is 0.449 e. The van der Waals surface area contributed by atoms with Crippen LogP contribution < -0.4 is 0 Å². The van der Waals surface area contributed by atoms with Crippen molar-refractivity contribution in [3.63, 3.8) is 0 Å². The van der Waals surface area contributed by atoms with E-state index in [-0.39, 0.29) is 30.3 Å². The fraction of sp³-hybridized carbons (Fsp3) is 0.462. The first kappa shape index (κ1) is 10.1. The van der Waals surface area contributed by atoms with E-state index in [9.17, 15) is 14.4 Å². The Morgan fingerprint density at radius 2 is 2.17 bits per heavy atom. The number of rotatable bonds is 0. The first-order valence-electron chi connectivity index (χ1n) is 6.11. The minimum atomic E-state index is -0.688. The highest BCUT2D eigenvalue weighted by Crippen LogP contribution is 2.51. The van der Waals surface area contributed by atoms with Crippen molar-refractivity contribution in [1.29, 1.82) is 0 Å². The first-order valence-corrected chi connectivity index (χ1v) is 6.11. The van der Waals surface area contributed by atoms with Gasteiger partial charge in [-0.05, 0) is 6.42 Å². The molecule has 1 aliphatic carbocycles. The molecule has 0 saturated carbocycles. The molecule has 3 aliphatic heterocycles. The maximum absolute atomic E-state index is 12.0. The lowest BCUT2D eigenvalue weighted by Gasteiger charge is -2.36. The van der Waals surface area contributed by atoms with Gasteiger partial charge in [0.1, 0.15) is 0 Å². The predicted octanol–water partition coefficient (Wildman–Crippen LogP) is 0.111. The van der Waals surface area contributed by atoms with E-state index in [2.05, 4.69) is 0 Å².